The minimum absolute atomic E-state index is 0.0502. The number of amides is 1. The van der Waals surface area contributed by atoms with Crippen molar-refractivity contribution in [1.82, 2.24) is 10.2 Å². The molecule has 5 nitrogen and oxygen atoms in total. The highest BCUT2D eigenvalue weighted by atomic mass is 32.2. The average Bonchev–Trinajstić information content (AvgIpc) is 2.66. The third kappa shape index (κ3) is 4.54. The summed E-state index contributed by atoms with van der Waals surface area (Å²) >= 11 is 0. The molecule has 0 aromatic heterocycles. The molecule has 0 spiro atoms. The van der Waals surface area contributed by atoms with Crippen LogP contribution in [0.25, 0.3) is 0 Å². The number of carbonyl (C=O) groups excluding carboxylic acids is 1. The third-order valence-corrected chi connectivity index (χ3v) is 4.72. The van der Waals surface area contributed by atoms with Gasteiger partial charge < -0.3 is 4.90 Å². The first kappa shape index (κ1) is 16.0. The summed E-state index contributed by atoms with van der Waals surface area (Å²) in [6.07, 6.45) is 2.31. The standard InChI is InChI=1S/C15H22N2O3S/c1-12-16-14(11-13-7-4-3-5-8-13)15(18)17(12)9-6-10-21(2,19)20/h3-5,7-8,12,14,16H,6,9-11H2,1-2H3. The van der Waals surface area contributed by atoms with Crippen molar-refractivity contribution in [3.05, 3.63) is 35.9 Å². The number of carbonyl (C=O) groups is 1. The fourth-order valence-corrected chi connectivity index (χ4v) is 3.29. The summed E-state index contributed by atoms with van der Waals surface area (Å²) in [5, 5.41) is 3.28. The van der Waals surface area contributed by atoms with Gasteiger partial charge in [-0.05, 0) is 25.3 Å². The summed E-state index contributed by atoms with van der Waals surface area (Å²) in [5.41, 5.74) is 1.12. The maximum atomic E-state index is 12.4. The van der Waals surface area contributed by atoms with E-state index in [1.165, 1.54) is 6.26 Å². The van der Waals surface area contributed by atoms with Crippen LogP contribution in [0, 0.1) is 0 Å². The summed E-state index contributed by atoms with van der Waals surface area (Å²) in [6.45, 7) is 2.41. The highest BCUT2D eigenvalue weighted by Gasteiger charge is 2.35. The minimum atomic E-state index is -2.97. The SMILES string of the molecule is CC1NC(Cc2ccccc2)C(=O)N1CCCS(C)(=O)=O. The molecule has 21 heavy (non-hydrogen) atoms. The van der Waals surface area contributed by atoms with Crippen LogP contribution in [0.2, 0.25) is 0 Å². The van der Waals surface area contributed by atoms with E-state index in [2.05, 4.69) is 5.32 Å². The second kappa shape index (κ2) is 6.58. The predicted molar refractivity (Wildman–Crippen MR) is 82.6 cm³/mol. The van der Waals surface area contributed by atoms with Gasteiger partial charge in [0.25, 0.3) is 0 Å². The van der Waals surface area contributed by atoms with Crippen LogP contribution in [0.3, 0.4) is 0 Å². The second-order valence-electron chi connectivity index (χ2n) is 5.60. The molecule has 0 aliphatic carbocycles. The summed E-state index contributed by atoms with van der Waals surface area (Å²) in [7, 11) is -2.97. The fourth-order valence-electron chi connectivity index (χ4n) is 2.64. The van der Waals surface area contributed by atoms with E-state index in [1.54, 1.807) is 4.90 Å². The molecule has 2 unspecified atom stereocenters. The highest BCUT2D eigenvalue weighted by molar-refractivity contribution is 7.90. The van der Waals surface area contributed by atoms with Crippen molar-refractivity contribution in [3.63, 3.8) is 0 Å². The zero-order chi connectivity index (χ0) is 15.5. The van der Waals surface area contributed by atoms with Gasteiger partial charge in [0.1, 0.15) is 9.84 Å². The molecule has 0 radical (unpaired) electrons. The van der Waals surface area contributed by atoms with E-state index in [4.69, 9.17) is 0 Å². The van der Waals surface area contributed by atoms with Gasteiger partial charge in [0.15, 0.2) is 0 Å². The topological polar surface area (TPSA) is 66.5 Å². The van der Waals surface area contributed by atoms with Crippen molar-refractivity contribution in [2.75, 3.05) is 18.6 Å². The Kier molecular flexibility index (Phi) is 5.00. The molecule has 1 N–H and O–H groups in total. The Morgan fingerprint density at radius 1 is 1.24 bits per heavy atom. The Hall–Kier alpha value is -1.40. The van der Waals surface area contributed by atoms with E-state index in [0.717, 1.165) is 5.56 Å². The first-order valence-electron chi connectivity index (χ1n) is 7.15. The van der Waals surface area contributed by atoms with Gasteiger partial charge in [0.2, 0.25) is 5.91 Å². The molecule has 1 aromatic carbocycles. The number of sulfone groups is 1. The van der Waals surface area contributed by atoms with Gasteiger partial charge in [-0.3, -0.25) is 10.1 Å². The van der Waals surface area contributed by atoms with Crippen molar-refractivity contribution in [3.8, 4) is 0 Å². The zero-order valence-electron chi connectivity index (χ0n) is 12.5. The van der Waals surface area contributed by atoms with Crippen LogP contribution in [-0.4, -0.2) is 50.0 Å². The predicted octanol–water partition coefficient (Wildman–Crippen LogP) is 0.810. The van der Waals surface area contributed by atoms with E-state index in [0.29, 0.717) is 19.4 Å². The summed E-state index contributed by atoms with van der Waals surface area (Å²) in [5.74, 6) is 0.173. The molecule has 2 rings (SSSR count). The first-order chi connectivity index (χ1) is 9.87. The maximum absolute atomic E-state index is 12.4. The Balaban J connectivity index is 1.92. The van der Waals surface area contributed by atoms with Crippen LogP contribution in [-0.2, 0) is 21.1 Å². The van der Waals surface area contributed by atoms with Crippen molar-refractivity contribution in [2.24, 2.45) is 0 Å². The van der Waals surface area contributed by atoms with Gasteiger partial charge in [-0.2, -0.15) is 0 Å². The smallest absolute Gasteiger partial charge is 0.241 e. The van der Waals surface area contributed by atoms with Gasteiger partial charge in [-0.25, -0.2) is 8.42 Å². The molecule has 1 amide bonds. The lowest BCUT2D eigenvalue weighted by molar-refractivity contribution is -0.129. The maximum Gasteiger partial charge on any atom is 0.241 e. The zero-order valence-corrected chi connectivity index (χ0v) is 13.3. The van der Waals surface area contributed by atoms with Crippen LogP contribution in [0.5, 0.6) is 0 Å². The van der Waals surface area contributed by atoms with Crippen molar-refractivity contribution in [1.29, 1.82) is 0 Å². The van der Waals surface area contributed by atoms with Crippen LogP contribution in [0.4, 0.5) is 0 Å². The van der Waals surface area contributed by atoms with Gasteiger partial charge in [0, 0.05) is 12.8 Å². The molecule has 0 bridgehead atoms. The summed E-state index contributed by atoms with van der Waals surface area (Å²) < 4.78 is 22.3. The lowest BCUT2D eigenvalue weighted by atomic mass is 10.1. The van der Waals surface area contributed by atoms with E-state index in [-0.39, 0.29) is 23.9 Å². The third-order valence-electron chi connectivity index (χ3n) is 3.69. The number of benzene rings is 1. The molecule has 0 saturated carbocycles. The molecular formula is C15H22N2O3S. The summed E-state index contributed by atoms with van der Waals surface area (Å²) in [4.78, 5) is 14.1. The molecule has 1 fully saturated rings. The monoisotopic (exact) mass is 310 g/mol. The first-order valence-corrected chi connectivity index (χ1v) is 9.21. The van der Waals surface area contributed by atoms with Crippen molar-refractivity contribution >= 4 is 15.7 Å². The van der Waals surface area contributed by atoms with Gasteiger partial charge in [-0.1, -0.05) is 30.3 Å². The van der Waals surface area contributed by atoms with E-state index < -0.39 is 9.84 Å². The van der Waals surface area contributed by atoms with E-state index in [9.17, 15) is 13.2 Å². The van der Waals surface area contributed by atoms with Gasteiger partial charge >= 0.3 is 0 Å². The number of nitrogens with zero attached hydrogens (tertiary/aromatic N) is 1. The van der Waals surface area contributed by atoms with E-state index in [1.807, 2.05) is 37.3 Å². The fraction of sp³-hybridized carbons (Fsp3) is 0.533. The number of hydrogen-bond donors (Lipinski definition) is 1. The van der Waals surface area contributed by atoms with E-state index >= 15 is 0 Å². The van der Waals surface area contributed by atoms with Crippen LogP contribution < -0.4 is 5.32 Å². The van der Waals surface area contributed by atoms with Crippen molar-refractivity contribution in [2.45, 2.75) is 32.0 Å². The molecule has 6 heteroatoms. The Morgan fingerprint density at radius 2 is 1.90 bits per heavy atom. The molecule has 1 aromatic rings. The van der Waals surface area contributed by atoms with Crippen molar-refractivity contribution < 1.29 is 13.2 Å². The number of hydrogen-bond acceptors (Lipinski definition) is 4. The number of nitrogens with one attached hydrogen (secondary N) is 1. The van der Waals surface area contributed by atoms with Crippen LogP contribution in [0.1, 0.15) is 18.9 Å². The molecule has 116 valence electrons. The molecule has 2 atom stereocenters. The largest absolute Gasteiger partial charge is 0.326 e. The van der Waals surface area contributed by atoms with Gasteiger partial charge in [-0.15, -0.1) is 0 Å². The number of rotatable bonds is 6. The highest BCUT2D eigenvalue weighted by Crippen LogP contribution is 2.15. The molecular weight excluding hydrogens is 288 g/mol. The second-order valence-corrected chi connectivity index (χ2v) is 7.86. The Bertz CT molecular complexity index is 586. The van der Waals surface area contributed by atoms with Crippen LogP contribution in [0.15, 0.2) is 30.3 Å². The van der Waals surface area contributed by atoms with Crippen LogP contribution >= 0.6 is 0 Å². The molecule has 1 aliphatic heterocycles. The summed E-state index contributed by atoms with van der Waals surface area (Å²) in [6, 6.07) is 9.66. The average molecular weight is 310 g/mol. The normalized spacial score (nSPS) is 22.8. The lowest BCUT2D eigenvalue weighted by Crippen LogP contribution is -2.36. The molecule has 1 saturated heterocycles. The Labute approximate surface area is 126 Å². The lowest BCUT2D eigenvalue weighted by Gasteiger charge is -2.20. The van der Waals surface area contributed by atoms with Gasteiger partial charge in [0.05, 0.1) is 18.0 Å². The molecule has 1 aliphatic rings. The Morgan fingerprint density at radius 3 is 2.52 bits per heavy atom. The molecule has 1 heterocycles. The minimum Gasteiger partial charge on any atom is -0.326 e. The quantitative estimate of drug-likeness (QED) is 0.844.